The Morgan fingerprint density at radius 3 is 1.67 bits per heavy atom. The fourth-order valence-corrected chi connectivity index (χ4v) is 5.94. The molecule has 5 aromatic carbocycles. The third-order valence-corrected chi connectivity index (χ3v) is 8.61. The highest BCUT2D eigenvalue weighted by molar-refractivity contribution is 5.78. The van der Waals surface area contributed by atoms with E-state index in [9.17, 15) is 30.9 Å². The van der Waals surface area contributed by atoms with Crippen LogP contribution in [0.3, 0.4) is 0 Å². The van der Waals surface area contributed by atoms with Crippen molar-refractivity contribution in [2.75, 3.05) is 6.61 Å². The normalized spacial score (nSPS) is 15.4. The minimum Gasteiger partial charge on any atom is -0.488 e. The molecule has 2 atom stereocenters. The number of alkyl halides is 1. The molecule has 0 N–H and O–H groups in total. The molecule has 52 heavy (non-hydrogen) atoms. The molecule has 1 fully saturated rings. The second kappa shape index (κ2) is 18.5. The van der Waals surface area contributed by atoms with Gasteiger partial charge >= 0.3 is 0 Å². The average molecular weight is 727 g/mol. The zero-order chi connectivity index (χ0) is 37.0. The van der Waals surface area contributed by atoms with Gasteiger partial charge in [0.1, 0.15) is 43.0 Å². The maximum atomic E-state index is 14.8. The molecule has 0 bridgehead atoms. The summed E-state index contributed by atoms with van der Waals surface area (Å²) in [5.41, 5.74) is 2.79. The van der Waals surface area contributed by atoms with Crippen molar-refractivity contribution < 1.29 is 50.0 Å². The molecule has 6 rings (SSSR count). The molecule has 0 amide bonds. The molecular weight excluding hydrogens is 689 g/mol. The first kappa shape index (κ1) is 38.2. The van der Waals surface area contributed by atoms with E-state index < -0.39 is 47.1 Å². The molecule has 0 aromatic heterocycles. The topological polar surface area (TPSA) is 36.9 Å². The molecule has 1 unspecified atom stereocenters. The molecule has 5 aromatic rings. The number of hydrogen-bond donors (Lipinski definition) is 0. The Morgan fingerprint density at radius 1 is 0.692 bits per heavy atom. The lowest BCUT2D eigenvalue weighted by molar-refractivity contribution is -0.0196. The number of halogens is 7. The number of benzene rings is 5. The maximum absolute atomic E-state index is 14.8. The van der Waals surface area contributed by atoms with Crippen molar-refractivity contribution in [2.24, 2.45) is 5.92 Å². The van der Waals surface area contributed by atoms with Crippen LogP contribution in [0.5, 0.6) is 17.2 Å². The van der Waals surface area contributed by atoms with Crippen molar-refractivity contribution in [3.05, 3.63) is 148 Å². The molecule has 1 aliphatic rings. The molecule has 1 aliphatic heterocycles. The van der Waals surface area contributed by atoms with Crippen molar-refractivity contribution >= 4 is 0 Å². The van der Waals surface area contributed by atoms with Crippen LogP contribution in [0.4, 0.5) is 30.9 Å². The quantitative estimate of drug-likeness (QED) is 0.0948. The first-order valence-corrected chi connectivity index (χ1v) is 16.8. The fraction of sp³-hybridized carbons (Fsp3) is 0.268. The average Bonchev–Trinajstić information content (AvgIpc) is 3.16. The van der Waals surface area contributed by atoms with E-state index in [4.69, 9.17) is 14.2 Å². The van der Waals surface area contributed by atoms with E-state index >= 15 is 0 Å². The van der Waals surface area contributed by atoms with Gasteiger partial charge in [-0.3, -0.25) is 4.94 Å². The lowest BCUT2D eigenvalue weighted by Gasteiger charge is -2.30. The zero-order valence-corrected chi connectivity index (χ0v) is 28.3. The highest BCUT2D eigenvalue weighted by Gasteiger charge is 2.27. The van der Waals surface area contributed by atoms with E-state index in [1.54, 1.807) is 0 Å². The SMILES string of the molecule is CCC[C@@H]1CCC(c2cc(OCc3ccccc3)c(-c3cc(F)c(CF)c(F)c3)c(OCc3ccccc3)c2)OC1.FOc1cc(F)c(F)c(F)c1. The third-order valence-electron chi connectivity index (χ3n) is 8.61. The van der Waals surface area contributed by atoms with Gasteiger partial charge in [0, 0.05) is 16.7 Å². The molecule has 0 spiro atoms. The van der Waals surface area contributed by atoms with Gasteiger partial charge in [-0.25, -0.2) is 26.3 Å². The van der Waals surface area contributed by atoms with E-state index in [0.29, 0.717) is 41.7 Å². The summed E-state index contributed by atoms with van der Waals surface area (Å²) in [6.07, 6.45) is 4.01. The minimum atomic E-state index is -1.65. The summed E-state index contributed by atoms with van der Waals surface area (Å²) in [5.74, 6) is -5.86. The van der Waals surface area contributed by atoms with E-state index in [2.05, 4.69) is 11.9 Å². The van der Waals surface area contributed by atoms with Gasteiger partial charge in [0.15, 0.2) is 23.2 Å². The van der Waals surface area contributed by atoms with Crippen LogP contribution in [0.1, 0.15) is 61.0 Å². The maximum Gasteiger partial charge on any atom is 0.194 e. The number of rotatable bonds is 12. The lowest BCUT2D eigenvalue weighted by atomic mass is 9.90. The largest absolute Gasteiger partial charge is 0.488 e. The fourth-order valence-electron chi connectivity index (χ4n) is 5.94. The minimum absolute atomic E-state index is 0.155. The number of ether oxygens (including phenoxy) is 3. The van der Waals surface area contributed by atoms with Gasteiger partial charge in [-0.1, -0.05) is 74.0 Å². The van der Waals surface area contributed by atoms with Gasteiger partial charge < -0.3 is 14.2 Å². The van der Waals surface area contributed by atoms with Crippen molar-refractivity contribution in [3.63, 3.8) is 0 Å². The first-order chi connectivity index (χ1) is 25.2. The molecule has 274 valence electrons. The van der Waals surface area contributed by atoms with Crippen LogP contribution in [-0.2, 0) is 24.6 Å². The molecule has 0 radical (unpaired) electrons. The molecular formula is C41H37F7O4. The Labute approximate surface area is 297 Å². The zero-order valence-electron chi connectivity index (χ0n) is 28.3. The highest BCUT2D eigenvalue weighted by atomic mass is 19.3. The Kier molecular flexibility index (Phi) is 13.6. The lowest BCUT2D eigenvalue weighted by Crippen LogP contribution is -2.20. The van der Waals surface area contributed by atoms with Gasteiger partial charge in [-0.15, -0.1) is 0 Å². The van der Waals surface area contributed by atoms with Crippen molar-refractivity contribution in [1.82, 2.24) is 0 Å². The van der Waals surface area contributed by atoms with Gasteiger partial charge in [0.2, 0.25) is 0 Å². The summed E-state index contributed by atoms with van der Waals surface area (Å²) in [4.78, 5) is 2.98. The molecule has 0 saturated carbocycles. The van der Waals surface area contributed by atoms with E-state index in [1.807, 2.05) is 72.8 Å². The molecule has 0 aliphatic carbocycles. The third kappa shape index (κ3) is 9.85. The van der Waals surface area contributed by atoms with Crippen LogP contribution in [0, 0.1) is 35.0 Å². The predicted molar refractivity (Wildman–Crippen MR) is 183 cm³/mol. The Hall–Kier alpha value is -5.03. The summed E-state index contributed by atoms with van der Waals surface area (Å²) in [6.45, 7) is 2.12. The standard InChI is InChI=1S/C35H35F3O3.C6H2F4O/c1-2-9-24-14-15-32(39-21-24)27-18-33(40-22-25-10-5-3-6-11-25)35(28-16-30(37)29(20-36)31(38)17-28)34(19-27)41-23-26-12-7-4-8-13-26;7-4-1-3(11-10)2-5(8)6(4)9/h3-8,10-13,16-19,24,32H,2,9,14-15,20-23H2,1H3;1-2H/t24-,32?;/m1./s1. The van der Waals surface area contributed by atoms with Crippen molar-refractivity contribution in [1.29, 1.82) is 0 Å². The number of hydrogen-bond acceptors (Lipinski definition) is 4. The van der Waals surface area contributed by atoms with Crippen LogP contribution in [0.2, 0.25) is 0 Å². The Bertz CT molecular complexity index is 1790. The van der Waals surface area contributed by atoms with Crippen molar-refractivity contribution in [3.8, 4) is 28.4 Å². The van der Waals surface area contributed by atoms with Crippen LogP contribution in [0.25, 0.3) is 11.1 Å². The van der Waals surface area contributed by atoms with Gasteiger partial charge in [0.05, 0.1) is 23.8 Å². The molecule has 11 heteroatoms. The van der Waals surface area contributed by atoms with E-state index in [0.717, 1.165) is 54.5 Å². The van der Waals surface area contributed by atoms with Crippen LogP contribution in [-0.4, -0.2) is 6.61 Å². The highest BCUT2D eigenvalue weighted by Crippen LogP contribution is 2.45. The first-order valence-electron chi connectivity index (χ1n) is 16.8. The monoisotopic (exact) mass is 726 g/mol. The van der Waals surface area contributed by atoms with Gasteiger partial charge in [0.25, 0.3) is 0 Å². The smallest absolute Gasteiger partial charge is 0.194 e. The van der Waals surface area contributed by atoms with Gasteiger partial charge in [-0.2, -0.15) is 0 Å². The Balaban J connectivity index is 0.000000407. The summed E-state index contributed by atoms with van der Waals surface area (Å²) >= 11 is 0. The molecule has 4 nitrogen and oxygen atoms in total. The predicted octanol–water partition coefficient (Wildman–Crippen LogP) is 11.9. The van der Waals surface area contributed by atoms with Crippen molar-refractivity contribution in [2.45, 2.75) is 58.6 Å². The van der Waals surface area contributed by atoms with Gasteiger partial charge in [-0.05, 0) is 71.7 Å². The molecule has 1 saturated heterocycles. The molecule has 1 heterocycles. The second-order valence-electron chi connectivity index (χ2n) is 12.3. The summed E-state index contributed by atoms with van der Waals surface area (Å²) in [6, 6.07) is 26.2. The van der Waals surface area contributed by atoms with Crippen LogP contribution in [0.15, 0.2) is 97.1 Å². The van der Waals surface area contributed by atoms with Crippen LogP contribution < -0.4 is 14.4 Å². The summed E-state index contributed by atoms with van der Waals surface area (Å²) < 4.78 is 110. The second-order valence-corrected chi connectivity index (χ2v) is 12.3. The van der Waals surface area contributed by atoms with E-state index in [1.165, 1.54) is 0 Å². The van der Waals surface area contributed by atoms with E-state index in [-0.39, 0.29) is 24.9 Å². The Morgan fingerprint density at radius 2 is 1.23 bits per heavy atom. The summed E-state index contributed by atoms with van der Waals surface area (Å²) in [7, 11) is 0. The van der Waals surface area contributed by atoms with Crippen LogP contribution >= 0.6 is 0 Å². The summed E-state index contributed by atoms with van der Waals surface area (Å²) in [5, 5.41) is 0.